The molecule has 16 heavy (non-hydrogen) atoms. The summed E-state index contributed by atoms with van der Waals surface area (Å²) >= 11 is 0. The fraction of sp³-hybridized carbons (Fsp3) is 0.538. The first kappa shape index (κ1) is 13.2. The van der Waals surface area contributed by atoms with Crippen molar-refractivity contribution >= 4 is 0 Å². The van der Waals surface area contributed by atoms with Crippen LogP contribution < -0.4 is 11.3 Å². The zero-order chi connectivity index (χ0) is 12.0. The van der Waals surface area contributed by atoms with Crippen molar-refractivity contribution in [2.24, 2.45) is 5.84 Å². The summed E-state index contributed by atoms with van der Waals surface area (Å²) < 4.78 is 5.24. The van der Waals surface area contributed by atoms with Crippen molar-refractivity contribution in [1.82, 2.24) is 5.43 Å². The van der Waals surface area contributed by atoms with Crippen LogP contribution in [0, 0.1) is 6.92 Å². The Hall–Kier alpha value is -0.900. The Morgan fingerprint density at radius 2 is 1.94 bits per heavy atom. The second-order valence-electron chi connectivity index (χ2n) is 4.34. The number of hydrogen-bond donors (Lipinski definition) is 2. The Balaban J connectivity index is 2.52. The zero-order valence-corrected chi connectivity index (χ0v) is 10.4. The van der Waals surface area contributed by atoms with Crippen LogP contribution in [0.25, 0.3) is 0 Å². The number of benzene rings is 1. The van der Waals surface area contributed by atoms with E-state index in [9.17, 15) is 0 Å². The van der Waals surface area contributed by atoms with Crippen molar-refractivity contribution in [2.45, 2.75) is 38.8 Å². The Labute approximate surface area is 98.0 Å². The molecule has 3 N–H and O–H groups in total. The summed E-state index contributed by atoms with van der Waals surface area (Å²) in [5.41, 5.74) is 5.44. The number of aryl methyl sites for hydroxylation is 1. The van der Waals surface area contributed by atoms with Gasteiger partial charge in [0, 0.05) is 13.2 Å². The average molecular weight is 222 g/mol. The summed E-state index contributed by atoms with van der Waals surface area (Å²) in [6, 6.07) is 8.82. The molecule has 0 saturated heterocycles. The Bertz CT molecular complexity index is 297. The van der Waals surface area contributed by atoms with Crippen molar-refractivity contribution in [3.05, 3.63) is 35.4 Å². The number of methoxy groups -OCH3 is 1. The smallest absolute Gasteiger partial charge is 0.0558 e. The topological polar surface area (TPSA) is 47.3 Å². The third kappa shape index (κ3) is 4.31. The molecule has 0 saturated carbocycles. The number of hydrogen-bond acceptors (Lipinski definition) is 3. The van der Waals surface area contributed by atoms with Gasteiger partial charge in [0.1, 0.15) is 0 Å². The van der Waals surface area contributed by atoms with Gasteiger partial charge in [-0.25, -0.2) is 0 Å². The molecule has 0 bridgehead atoms. The molecular weight excluding hydrogens is 200 g/mol. The lowest BCUT2D eigenvalue weighted by atomic mass is 10.0. The molecule has 0 spiro atoms. The van der Waals surface area contributed by atoms with Gasteiger partial charge >= 0.3 is 0 Å². The molecule has 90 valence electrons. The van der Waals surface area contributed by atoms with Gasteiger partial charge in [-0.1, -0.05) is 29.8 Å². The molecule has 1 aromatic rings. The molecule has 0 aliphatic rings. The minimum atomic E-state index is 0.228. The fourth-order valence-corrected chi connectivity index (χ4v) is 1.72. The molecule has 0 aliphatic carbocycles. The van der Waals surface area contributed by atoms with Gasteiger partial charge in [0.2, 0.25) is 0 Å². The molecule has 0 radical (unpaired) electrons. The summed E-state index contributed by atoms with van der Waals surface area (Å²) in [6.07, 6.45) is 2.08. The number of hydrazine groups is 1. The molecule has 0 aliphatic heterocycles. The molecule has 0 amide bonds. The van der Waals surface area contributed by atoms with Crippen LogP contribution in [0.3, 0.4) is 0 Å². The van der Waals surface area contributed by atoms with Crippen LogP contribution in [0.1, 0.15) is 24.5 Å². The lowest BCUT2D eigenvalue weighted by molar-refractivity contribution is 0.100. The van der Waals surface area contributed by atoms with E-state index < -0.39 is 0 Å². The predicted octanol–water partition coefficient (Wildman–Crippen LogP) is 1.79. The highest BCUT2D eigenvalue weighted by Gasteiger charge is 2.11. The van der Waals surface area contributed by atoms with E-state index >= 15 is 0 Å². The van der Waals surface area contributed by atoms with E-state index in [2.05, 4.69) is 43.5 Å². The van der Waals surface area contributed by atoms with Gasteiger partial charge < -0.3 is 4.74 Å². The normalized spacial score (nSPS) is 14.8. The lowest BCUT2D eigenvalue weighted by Gasteiger charge is -2.19. The zero-order valence-electron chi connectivity index (χ0n) is 10.4. The van der Waals surface area contributed by atoms with E-state index in [0.717, 1.165) is 12.8 Å². The van der Waals surface area contributed by atoms with E-state index in [1.807, 2.05) is 0 Å². The first-order chi connectivity index (χ1) is 7.65. The van der Waals surface area contributed by atoms with Crippen molar-refractivity contribution < 1.29 is 4.74 Å². The minimum absolute atomic E-state index is 0.228. The second-order valence-corrected chi connectivity index (χ2v) is 4.34. The van der Waals surface area contributed by atoms with Crippen molar-refractivity contribution in [3.8, 4) is 0 Å². The summed E-state index contributed by atoms with van der Waals surface area (Å²) in [4.78, 5) is 0. The summed E-state index contributed by atoms with van der Waals surface area (Å²) in [5, 5.41) is 0. The molecule has 3 heteroatoms. The standard InChI is InChI=1S/C13H22N2O/c1-10-4-6-12(7-5-10)9-13(15-14)8-11(2)16-3/h4-7,11,13,15H,8-9,14H2,1-3H3. The van der Waals surface area contributed by atoms with Crippen LogP contribution in [-0.2, 0) is 11.2 Å². The van der Waals surface area contributed by atoms with Crippen LogP contribution in [0.4, 0.5) is 0 Å². The molecule has 3 nitrogen and oxygen atoms in total. The van der Waals surface area contributed by atoms with Crippen molar-refractivity contribution in [3.63, 3.8) is 0 Å². The van der Waals surface area contributed by atoms with Crippen LogP contribution in [0.2, 0.25) is 0 Å². The molecule has 2 atom stereocenters. The molecule has 1 aromatic carbocycles. The minimum Gasteiger partial charge on any atom is -0.382 e. The highest BCUT2D eigenvalue weighted by atomic mass is 16.5. The predicted molar refractivity (Wildman–Crippen MR) is 67.1 cm³/mol. The molecular formula is C13H22N2O. The Morgan fingerprint density at radius 3 is 2.44 bits per heavy atom. The van der Waals surface area contributed by atoms with Gasteiger partial charge in [-0.3, -0.25) is 11.3 Å². The lowest BCUT2D eigenvalue weighted by Crippen LogP contribution is -2.39. The van der Waals surface area contributed by atoms with Crippen LogP contribution >= 0.6 is 0 Å². The maximum atomic E-state index is 5.55. The summed E-state index contributed by atoms with van der Waals surface area (Å²) in [6.45, 7) is 4.15. The van der Waals surface area contributed by atoms with Gasteiger partial charge in [0.05, 0.1) is 6.10 Å². The van der Waals surface area contributed by atoms with Crippen LogP contribution in [0.5, 0.6) is 0 Å². The first-order valence-corrected chi connectivity index (χ1v) is 5.70. The second kappa shape index (κ2) is 6.63. The van der Waals surface area contributed by atoms with Crippen molar-refractivity contribution in [1.29, 1.82) is 0 Å². The fourth-order valence-electron chi connectivity index (χ4n) is 1.72. The molecule has 0 heterocycles. The molecule has 0 fully saturated rings. The largest absolute Gasteiger partial charge is 0.382 e. The summed E-state index contributed by atoms with van der Waals surface area (Å²) in [7, 11) is 1.73. The van der Waals surface area contributed by atoms with E-state index in [1.165, 1.54) is 11.1 Å². The van der Waals surface area contributed by atoms with Crippen molar-refractivity contribution in [2.75, 3.05) is 7.11 Å². The van der Waals surface area contributed by atoms with Gasteiger partial charge in [0.25, 0.3) is 0 Å². The highest BCUT2D eigenvalue weighted by molar-refractivity contribution is 5.22. The van der Waals surface area contributed by atoms with Gasteiger partial charge in [-0.15, -0.1) is 0 Å². The average Bonchev–Trinajstić information content (AvgIpc) is 2.30. The monoisotopic (exact) mass is 222 g/mol. The summed E-state index contributed by atoms with van der Waals surface area (Å²) in [5.74, 6) is 5.55. The van der Waals surface area contributed by atoms with Crippen LogP contribution in [0.15, 0.2) is 24.3 Å². The van der Waals surface area contributed by atoms with E-state index in [4.69, 9.17) is 10.6 Å². The maximum absolute atomic E-state index is 5.55. The molecule has 1 rings (SSSR count). The SMILES string of the molecule is COC(C)CC(Cc1ccc(C)cc1)NN. The number of rotatable bonds is 6. The van der Waals surface area contributed by atoms with E-state index in [1.54, 1.807) is 7.11 Å². The Kier molecular flexibility index (Phi) is 5.46. The van der Waals surface area contributed by atoms with E-state index in [-0.39, 0.29) is 12.1 Å². The number of nitrogens with two attached hydrogens (primary N) is 1. The number of ether oxygens (including phenoxy) is 1. The van der Waals surface area contributed by atoms with Gasteiger partial charge in [-0.2, -0.15) is 0 Å². The third-order valence-corrected chi connectivity index (χ3v) is 2.86. The highest BCUT2D eigenvalue weighted by Crippen LogP contribution is 2.10. The number of nitrogens with one attached hydrogen (secondary N) is 1. The van der Waals surface area contributed by atoms with Gasteiger partial charge in [-0.05, 0) is 32.3 Å². The first-order valence-electron chi connectivity index (χ1n) is 5.70. The maximum Gasteiger partial charge on any atom is 0.0558 e. The van der Waals surface area contributed by atoms with Gasteiger partial charge in [0.15, 0.2) is 0 Å². The van der Waals surface area contributed by atoms with Crippen LogP contribution in [-0.4, -0.2) is 19.3 Å². The quantitative estimate of drug-likeness (QED) is 0.570. The van der Waals surface area contributed by atoms with E-state index in [0.29, 0.717) is 0 Å². The molecule has 0 aromatic heterocycles. The molecule has 2 unspecified atom stereocenters. The third-order valence-electron chi connectivity index (χ3n) is 2.86. The Morgan fingerprint density at radius 1 is 1.31 bits per heavy atom.